The van der Waals surface area contributed by atoms with Crippen LogP contribution in [0.1, 0.15) is 26.5 Å². The van der Waals surface area contributed by atoms with Gasteiger partial charge in [0.2, 0.25) is 0 Å². The highest BCUT2D eigenvalue weighted by atomic mass is 16.6. The Morgan fingerprint density at radius 3 is 3.00 bits per heavy atom. The van der Waals surface area contributed by atoms with Crippen LogP contribution in [0.15, 0.2) is 42.3 Å². The van der Waals surface area contributed by atoms with E-state index in [2.05, 4.69) is 23.1 Å². The number of allylic oxidation sites excluding steroid dienone is 3. The minimum Gasteiger partial charge on any atom is -0.443 e. The quantitative estimate of drug-likeness (QED) is 0.776. The predicted octanol–water partition coefficient (Wildman–Crippen LogP) is 2.95. The molecule has 0 saturated carbocycles. The second kappa shape index (κ2) is 4.54. The Kier molecular flexibility index (Phi) is 2.96. The van der Waals surface area contributed by atoms with Gasteiger partial charge >= 0.3 is 6.09 Å². The lowest BCUT2D eigenvalue weighted by Gasteiger charge is -2.21. The topological polar surface area (TPSA) is 34.2 Å². The standard InChI is InChI=1S/C16H20N2O2/c1-16(2,3)20-15(19)17-9-5-8-12(17)10-13-6-4-7-14-11-18(13)14/h4-9,14H,10-11H2,1-3H3/t14-,18?/m0/s1. The third-order valence-electron chi connectivity index (χ3n) is 3.43. The Balaban J connectivity index is 1.75. The number of hydrogen-bond donors (Lipinski definition) is 0. The molecule has 0 bridgehead atoms. The summed E-state index contributed by atoms with van der Waals surface area (Å²) in [5, 5.41) is 0. The first kappa shape index (κ1) is 13.0. The van der Waals surface area contributed by atoms with E-state index in [1.165, 1.54) is 5.70 Å². The van der Waals surface area contributed by atoms with Crippen LogP contribution in [-0.4, -0.2) is 33.7 Å². The highest BCUT2D eigenvalue weighted by molar-refractivity contribution is 5.72. The van der Waals surface area contributed by atoms with Crippen molar-refractivity contribution in [3.05, 3.63) is 47.9 Å². The van der Waals surface area contributed by atoms with Gasteiger partial charge in [0.1, 0.15) is 5.60 Å². The molecule has 1 aromatic heterocycles. The number of carbonyl (C=O) groups is 1. The van der Waals surface area contributed by atoms with E-state index >= 15 is 0 Å². The van der Waals surface area contributed by atoms with E-state index in [1.54, 1.807) is 10.8 Å². The summed E-state index contributed by atoms with van der Waals surface area (Å²) in [6.07, 6.45) is 8.64. The molecule has 1 saturated heterocycles. The summed E-state index contributed by atoms with van der Waals surface area (Å²) in [4.78, 5) is 14.5. The molecule has 2 aliphatic heterocycles. The molecule has 3 rings (SSSR count). The molecular weight excluding hydrogens is 252 g/mol. The fourth-order valence-corrected chi connectivity index (χ4v) is 2.44. The van der Waals surface area contributed by atoms with Crippen LogP contribution in [0.2, 0.25) is 0 Å². The fraction of sp³-hybridized carbons (Fsp3) is 0.438. The number of rotatable bonds is 2. The van der Waals surface area contributed by atoms with Gasteiger partial charge in [0, 0.05) is 30.6 Å². The first-order valence-corrected chi connectivity index (χ1v) is 6.98. The van der Waals surface area contributed by atoms with Gasteiger partial charge in [-0.1, -0.05) is 12.2 Å². The molecule has 2 aliphatic rings. The summed E-state index contributed by atoms with van der Waals surface area (Å²) in [5.74, 6) is 0. The molecule has 0 aromatic carbocycles. The Bertz CT molecular complexity index is 590. The zero-order valence-electron chi connectivity index (χ0n) is 12.2. The average molecular weight is 272 g/mol. The minimum atomic E-state index is -0.476. The summed E-state index contributed by atoms with van der Waals surface area (Å²) < 4.78 is 7.03. The molecule has 3 heterocycles. The number of fused-ring (bicyclic) bond motifs is 1. The zero-order valence-corrected chi connectivity index (χ0v) is 12.2. The summed E-state index contributed by atoms with van der Waals surface area (Å²) in [7, 11) is 0. The van der Waals surface area contributed by atoms with E-state index in [0.29, 0.717) is 6.04 Å². The van der Waals surface area contributed by atoms with Crippen molar-refractivity contribution in [2.24, 2.45) is 0 Å². The summed E-state index contributed by atoms with van der Waals surface area (Å²) in [5.41, 5.74) is 1.75. The van der Waals surface area contributed by atoms with Crippen LogP contribution < -0.4 is 0 Å². The molecule has 0 amide bonds. The second-order valence-electron chi connectivity index (χ2n) is 6.29. The zero-order chi connectivity index (χ0) is 14.3. The van der Waals surface area contributed by atoms with E-state index < -0.39 is 5.60 Å². The maximum Gasteiger partial charge on any atom is 0.418 e. The van der Waals surface area contributed by atoms with Gasteiger partial charge in [-0.3, -0.25) is 4.57 Å². The van der Waals surface area contributed by atoms with Gasteiger partial charge in [0.25, 0.3) is 0 Å². The highest BCUT2D eigenvalue weighted by Gasteiger charge is 2.35. The highest BCUT2D eigenvalue weighted by Crippen LogP contribution is 2.30. The monoisotopic (exact) mass is 272 g/mol. The van der Waals surface area contributed by atoms with Crippen LogP contribution in [0.3, 0.4) is 0 Å². The van der Waals surface area contributed by atoms with E-state index in [0.717, 1.165) is 18.7 Å². The van der Waals surface area contributed by atoms with Crippen LogP contribution >= 0.6 is 0 Å². The predicted molar refractivity (Wildman–Crippen MR) is 77.5 cm³/mol. The maximum atomic E-state index is 12.2. The first-order chi connectivity index (χ1) is 9.44. The Morgan fingerprint density at radius 1 is 1.45 bits per heavy atom. The Labute approximate surface area is 119 Å². The lowest BCUT2D eigenvalue weighted by molar-refractivity contribution is 0.0533. The third kappa shape index (κ3) is 2.64. The summed E-state index contributed by atoms with van der Waals surface area (Å²) in [6, 6.07) is 4.43. The minimum absolute atomic E-state index is 0.313. The molecule has 1 atom stereocenters. The number of hydrogen-bond acceptors (Lipinski definition) is 3. The van der Waals surface area contributed by atoms with Crippen molar-refractivity contribution < 1.29 is 9.53 Å². The summed E-state index contributed by atoms with van der Waals surface area (Å²) >= 11 is 0. The van der Waals surface area contributed by atoms with Crippen molar-refractivity contribution in [2.75, 3.05) is 6.54 Å². The van der Waals surface area contributed by atoms with Gasteiger partial charge in [-0.05, 0) is 39.0 Å². The van der Waals surface area contributed by atoms with Crippen molar-refractivity contribution in [3.8, 4) is 0 Å². The molecule has 4 nitrogen and oxygen atoms in total. The summed E-state index contributed by atoms with van der Waals surface area (Å²) in [6.45, 7) is 6.73. The van der Waals surface area contributed by atoms with Crippen LogP contribution in [0, 0.1) is 0 Å². The van der Waals surface area contributed by atoms with Crippen molar-refractivity contribution in [2.45, 2.75) is 38.8 Å². The van der Waals surface area contributed by atoms with E-state index in [1.807, 2.05) is 32.9 Å². The molecule has 1 fully saturated rings. The van der Waals surface area contributed by atoms with Crippen LogP contribution in [0.25, 0.3) is 0 Å². The normalized spacial score (nSPS) is 20.4. The van der Waals surface area contributed by atoms with Crippen molar-refractivity contribution in [1.82, 2.24) is 9.47 Å². The molecule has 0 unspecified atom stereocenters. The number of nitrogens with zero attached hydrogens (tertiary/aromatic N) is 2. The third-order valence-corrected chi connectivity index (χ3v) is 3.43. The molecule has 106 valence electrons. The Hall–Kier alpha value is -1.97. The number of ether oxygens (including phenoxy) is 1. The number of aromatic nitrogens is 1. The molecule has 20 heavy (non-hydrogen) atoms. The average Bonchev–Trinajstić information content (AvgIpc) is 2.99. The lowest BCUT2D eigenvalue weighted by Crippen LogP contribution is -2.28. The molecule has 1 aromatic rings. The van der Waals surface area contributed by atoms with Gasteiger partial charge in [0.05, 0.1) is 6.04 Å². The molecule has 0 aliphatic carbocycles. The van der Waals surface area contributed by atoms with E-state index in [-0.39, 0.29) is 6.09 Å². The van der Waals surface area contributed by atoms with E-state index in [4.69, 9.17) is 4.74 Å². The van der Waals surface area contributed by atoms with Gasteiger partial charge in [-0.25, -0.2) is 4.79 Å². The second-order valence-corrected chi connectivity index (χ2v) is 6.29. The first-order valence-electron chi connectivity index (χ1n) is 6.98. The number of carbonyl (C=O) groups excluding carboxylic acids is 1. The molecular formula is C16H20N2O2. The smallest absolute Gasteiger partial charge is 0.418 e. The molecule has 0 spiro atoms. The van der Waals surface area contributed by atoms with Crippen LogP contribution in [0.4, 0.5) is 4.79 Å². The fourth-order valence-electron chi connectivity index (χ4n) is 2.44. The van der Waals surface area contributed by atoms with Crippen LogP contribution in [0.5, 0.6) is 0 Å². The molecule has 4 heteroatoms. The maximum absolute atomic E-state index is 12.2. The molecule has 0 radical (unpaired) electrons. The van der Waals surface area contributed by atoms with Gasteiger partial charge in [-0.15, -0.1) is 0 Å². The SMILES string of the molecule is CC(C)(C)OC(=O)n1cccc1CC1=CC=C[C@H]2CN12. The molecule has 0 N–H and O–H groups in total. The van der Waals surface area contributed by atoms with Gasteiger partial charge in [-0.2, -0.15) is 0 Å². The lowest BCUT2D eigenvalue weighted by atomic mass is 10.2. The van der Waals surface area contributed by atoms with Gasteiger partial charge in [0.15, 0.2) is 0 Å². The van der Waals surface area contributed by atoms with Crippen LogP contribution in [-0.2, 0) is 11.2 Å². The van der Waals surface area contributed by atoms with Crippen molar-refractivity contribution >= 4 is 6.09 Å². The van der Waals surface area contributed by atoms with Gasteiger partial charge < -0.3 is 9.64 Å². The Morgan fingerprint density at radius 2 is 2.25 bits per heavy atom. The van der Waals surface area contributed by atoms with Crippen molar-refractivity contribution in [1.29, 1.82) is 0 Å². The van der Waals surface area contributed by atoms with Crippen molar-refractivity contribution in [3.63, 3.8) is 0 Å². The largest absolute Gasteiger partial charge is 0.443 e. The van der Waals surface area contributed by atoms with E-state index in [9.17, 15) is 4.79 Å².